The first-order valence-electron chi connectivity index (χ1n) is 8.90. The summed E-state index contributed by atoms with van der Waals surface area (Å²) in [7, 11) is -3.58. The third kappa shape index (κ3) is 3.76. The van der Waals surface area contributed by atoms with Gasteiger partial charge in [0.2, 0.25) is 15.9 Å². The Morgan fingerprint density at radius 1 is 1.15 bits per heavy atom. The third-order valence-electron chi connectivity index (χ3n) is 5.09. The molecule has 0 aliphatic carbocycles. The van der Waals surface area contributed by atoms with E-state index >= 15 is 0 Å². The highest BCUT2D eigenvalue weighted by Gasteiger charge is 2.36. The molecule has 1 aromatic rings. The van der Waals surface area contributed by atoms with Gasteiger partial charge in [0.1, 0.15) is 0 Å². The molecule has 0 spiro atoms. The Hall–Kier alpha value is -1.93. The van der Waals surface area contributed by atoms with Crippen LogP contribution in [0.1, 0.15) is 43.5 Å². The molecule has 2 aliphatic rings. The summed E-state index contributed by atoms with van der Waals surface area (Å²) < 4.78 is 24.7. The number of amides is 2. The normalized spacial score (nSPS) is 20.5. The summed E-state index contributed by atoms with van der Waals surface area (Å²) in [5.41, 5.74) is 0.610. The number of rotatable bonds is 5. The van der Waals surface area contributed by atoms with Crippen molar-refractivity contribution in [3.63, 3.8) is 0 Å². The van der Waals surface area contributed by atoms with Crippen molar-refractivity contribution >= 4 is 27.5 Å². The van der Waals surface area contributed by atoms with Crippen molar-refractivity contribution in [2.75, 3.05) is 29.7 Å². The fraction of sp³-hybridized carbons (Fsp3) is 0.556. The summed E-state index contributed by atoms with van der Waals surface area (Å²) in [6, 6.07) is 6.10. The number of sulfonamides is 1. The summed E-state index contributed by atoms with van der Waals surface area (Å²) >= 11 is 0. The van der Waals surface area contributed by atoms with E-state index in [2.05, 4.69) is 24.1 Å². The van der Waals surface area contributed by atoms with Gasteiger partial charge in [-0.05, 0) is 64.0 Å². The van der Waals surface area contributed by atoms with Crippen LogP contribution in [0.4, 0.5) is 5.69 Å². The van der Waals surface area contributed by atoms with Crippen LogP contribution in [0.25, 0.3) is 0 Å². The predicted molar refractivity (Wildman–Crippen MR) is 99.6 cm³/mol. The molecule has 2 amide bonds. The lowest BCUT2D eigenvalue weighted by molar-refractivity contribution is -0.116. The van der Waals surface area contributed by atoms with Gasteiger partial charge in [0.15, 0.2) is 0 Å². The Bertz CT molecular complexity index is 796. The Labute approximate surface area is 154 Å². The standard InChI is InChI=1S/C18H25N3O4S/c1-18(2,20-10-3-4-11-20)13-19-17(23)14-5-7-15(8-6-14)21-16(22)9-12-26(21,24)25/h5-8H,3-4,9-13H2,1-2H3,(H,19,23). The van der Waals surface area contributed by atoms with E-state index in [-0.39, 0.29) is 29.3 Å². The summed E-state index contributed by atoms with van der Waals surface area (Å²) in [5.74, 6) is -0.811. The molecule has 1 aromatic carbocycles. The van der Waals surface area contributed by atoms with Crippen molar-refractivity contribution in [3.05, 3.63) is 29.8 Å². The average Bonchev–Trinajstić information content (AvgIpc) is 3.22. The number of hydrogen-bond donors (Lipinski definition) is 1. The lowest BCUT2D eigenvalue weighted by Crippen LogP contribution is -2.50. The monoisotopic (exact) mass is 379 g/mol. The third-order valence-corrected chi connectivity index (χ3v) is 6.78. The molecule has 2 fully saturated rings. The highest BCUT2D eigenvalue weighted by atomic mass is 32.2. The summed E-state index contributed by atoms with van der Waals surface area (Å²) in [4.78, 5) is 26.6. The zero-order valence-corrected chi connectivity index (χ0v) is 16.0. The SMILES string of the molecule is CC(C)(CNC(=O)c1ccc(N2C(=O)CCS2(=O)=O)cc1)N1CCCC1. The van der Waals surface area contributed by atoms with Gasteiger partial charge in [-0.3, -0.25) is 14.5 Å². The first kappa shape index (κ1) is 18.8. The lowest BCUT2D eigenvalue weighted by Gasteiger charge is -2.35. The molecule has 0 bridgehead atoms. The molecule has 0 radical (unpaired) electrons. The van der Waals surface area contributed by atoms with Crippen molar-refractivity contribution in [2.24, 2.45) is 0 Å². The molecule has 2 aliphatic heterocycles. The van der Waals surface area contributed by atoms with E-state index in [4.69, 9.17) is 0 Å². The summed E-state index contributed by atoms with van der Waals surface area (Å²) in [5, 5.41) is 2.95. The number of benzene rings is 1. The fourth-order valence-corrected chi connectivity index (χ4v) is 4.91. The van der Waals surface area contributed by atoms with Crippen LogP contribution in [0.5, 0.6) is 0 Å². The van der Waals surface area contributed by atoms with Gasteiger partial charge in [-0.1, -0.05) is 0 Å². The van der Waals surface area contributed by atoms with Gasteiger partial charge in [0.05, 0.1) is 11.4 Å². The van der Waals surface area contributed by atoms with Gasteiger partial charge in [-0.15, -0.1) is 0 Å². The number of hydrogen-bond acceptors (Lipinski definition) is 5. The first-order chi connectivity index (χ1) is 12.2. The second-order valence-corrected chi connectivity index (χ2v) is 9.40. The molecule has 2 heterocycles. The maximum Gasteiger partial charge on any atom is 0.251 e. The molecule has 142 valence electrons. The first-order valence-corrected chi connectivity index (χ1v) is 10.5. The summed E-state index contributed by atoms with van der Waals surface area (Å²) in [6.45, 7) is 6.87. The molecular weight excluding hydrogens is 354 g/mol. The molecule has 0 saturated carbocycles. The minimum Gasteiger partial charge on any atom is -0.350 e. The smallest absolute Gasteiger partial charge is 0.251 e. The zero-order valence-electron chi connectivity index (χ0n) is 15.2. The van der Waals surface area contributed by atoms with Crippen molar-refractivity contribution in [1.82, 2.24) is 10.2 Å². The Morgan fingerprint density at radius 2 is 1.77 bits per heavy atom. The van der Waals surface area contributed by atoms with E-state index in [1.807, 2.05) is 0 Å². The van der Waals surface area contributed by atoms with Crippen LogP contribution in [0.2, 0.25) is 0 Å². The molecule has 26 heavy (non-hydrogen) atoms. The number of anilines is 1. The molecule has 2 saturated heterocycles. The van der Waals surface area contributed by atoms with Crippen LogP contribution in [-0.2, 0) is 14.8 Å². The second kappa shape index (κ2) is 7.00. The number of nitrogens with one attached hydrogen (secondary N) is 1. The quantitative estimate of drug-likeness (QED) is 0.835. The lowest BCUT2D eigenvalue weighted by atomic mass is 10.0. The van der Waals surface area contributed by atoms with Crippen molar-refractivity contribution in [3.8, 4) is 0 Å². The highest BCUT2D eigenvalue weighted by molar-refractivity contribution is 7.94. The van der Waals surface area contributed by atoms with E-state index in [9.17, 15) is 18.0 Å². The van der Waals surface area contributed by atoms with Gasteiger partial charge < -0.3 is 5.32 Å². The Balaban J connectivity index is 1.65. The van der Waals surface area contributed by atoms with Crippen molar-refractivity contribution in [2.45, 2.75) is 38.6 Å². The van der Waals surface area contributed by atoms with E-state index < -0.39 is 15.9 Å². The number of carbonyl (C=O) groups is 2. The van der Waals surface area contributed by atoms with Gasteiger partial charge in [-0.2, -0.15) is 0 Å². The molecule has 8 heteroatoms. The van der Waals surface area contributed by atoms with Crippen LogP contribution in [0.3, 0.4) is 0 Å². The predicted octanol–water partition coefficient (Wildman–Crippen LogP) is 1.36. The van der Waals surface area contributed by atoms with Gasteiger partial charge >= 0.3 is 0 Å². The number of nitrogens with zero attached hydrogens (tertiary/aromatic N) is 2. The molecule has 1 N–H and O–H groups in total. The molecule has 7 nitrogen and oxygen atoms in total. The minimum absolute atomic E-state index is 0.00382. The molecule has 3 rings (SSSR count). The molecule has 0 atom stereocenters. The minimum atomic E-state index is -3.58. The molecular formula is C18H25N3O4S. The summed E-state index contributed by atoms with van der Waals surface area (Å²) in [6.07, 6.45) is 2.38. The van der Waals surface area contributed by atoms with Crippen molar-refractivity contribution < 1.29 is 18.0 Å². The van der Waals surface area contributed by atoms with Crippen LogP contribution < -0.4 is 9.62 Å². The van der Waals surface area contributed by atoms with Gasteiger partial charge in [0, 0.05) is 24.1 Å². The largest absolute Gasteiger partial charge is 0.350 e. The molecule has 0 unspecified atom stereocenters. The van der Waals surface area contributed by atoms with Crippen LogP contribution in [0, 0.1) is 0 Å². The number of carbonyl (C=O) groups excluding carboxylic acids is 2. The van der Waals surface area contributed by atoms with Crippen LogP contribution >= 0.6 is 0 Å². The maximum absolute atomic E-state index is 12.4. The zero-order chi connectivity index (χ0) is 18.9. The fourth-order valence-electron chi connectivity index (χ4n) is 3.45. The van der Waals surface area contributed by atoms with E-state index in [1.54, 1.807) is 12.1 Å². The van der Waals surface area contributed by atoms with E-state index in [0.29, 0.717) is 12.1 Å². The van der Waals surface area contributed by atoms with Gasteiger partial charge in [-0.25, -0.2) is 12.7 Å². The van der Waals surface area contributed by atoms with Gasteiger partial charge in [0.25, 0.3) is 5.91 Å². The molecule has 0 aromatic heterocycles. The number of likely N-dealkylation sites (tertiary alicyclic amines) is 1. The van der Waals surface area contributed by atoms with Crippen molar-refractivity contribution in [1.29, 1.82) is 0 Å². The second-order valence-electron chi connectivity index (χ2n) is 7.46. The topological polar surface area (TPSA) is 86.8 Å². The average molecular weight is 379 g/mol. The van der Waals surface area contributed by atoms with E-state index in [0.717, 1.165) is 17.4 Å². The Morgan fingerprint density at radius 3 is 2.31 bits per heavy atom. The van der Waals surface area contributed by atoms with Crippen LogP contribution in [-0.4, -0.2) is 56.1 Å². The van der Waals surface area contributed by atoms with Crippen LogP contribution in [0.15, 0.2) is 24.3 Å². The van der Waals surface area contributed by atoms with E-state index in [1.165, 1.54) is 25.0 Å². The Kier molecular flexibility index (Phi) is 5.07. The highest BCUT2D eigenvalue weighted by Crippen LogP contribution is 2.25. The maximum atomic E-state index is 12.4.